The zero-order chi connectivity index (χ0) is 28.6. The van der Waals surface area contributed by atoms with E-state index in [0.717, 1.165) is 41.2 Å². The highest BCUT2D eigenvalue weighted by molar-refractivity contribution is 7.19. The van der Waals surface area contributed by atoms with E-state index in [1.165, 1.54) is 26.9 Å². The standard InChI is InChI=1S/C33H36N6OS/c1-33(2,3)37(4)16-8-11-29(40)39-18-15-26-28(21-39)41-32-30(26)31(34-22-35-32)36-25-12-13-27-24(19-25)14-17-38(27)20-23-9-6-5-7-10-23/h5-14,17,19,22H,15-16,18,20-21H2,1-4H3,(H,34,35,36). The van der Waals surface area contributed by atoms with Gasteiger partial charge < -0.3 is 14.8 Å². The van der Waals surface area contributed by atoms with Gasteiger partial charge >= 0.3 is 0 Å². The van der Waals surface area contributed by atoms with Crippen LogP contribution in [0.3, 0.4) is 0 Å². The lowest BCUT2D eigenvalue weighted by molar-refractivity contribution is -0.126. The Kier molecular flexibility index (Phi) is 7.36. The molecule has 0 fully saturated rings. The number of likely N-dealkylation sites (N-methyl/N-ethyl adjacent to an activating group) is 1. The van der Waals surface area contributed by atoms with Crippen LogP contribution in [0.1, 0.15) is 36.8 Å². The van der Waals surface area contributed by atoms with Crippen LogP contribution in [0.4, 0.5) is 11.5 Å². The fraction of sp³-hybridized carbons (Fsp3) is 0.303. The quantitative estimate of drug-likeness (QED) is 0.225. The number of carbonyl (C=O) groups is 1. The highest BCUT2D eigenvalue weighted by atomic mass is 32.1. The summed E-state index contributed by atoms with van der Waals surface area (Å²) in [5.41, 5.74) is 4.79. The van der Waals surface area contributed by atoms with E-state index in [4.69, 9.17) is 0 Å². The monoisotopic (exact) mass is 564 g/mol. The van der Waals surface area contributed by atoms with E-state index in [0.29, 0.717) is 13.1 Å². The molecule has 0 atom stereocenters. The molecule has 0 aliphatic carbocycles. The van der Waals surface area contributed by atoms with Gasteiger partial charge in [-0.15, -0.1) is 11.3 Å². The number of anilines is 2. The number of carbonyl (C=O) groups excluding carboxylic acids is 1. The molecule has 2 aromatic carbocycles. The molecular weight excluding hydrogens is 528 g/mol. The van der Waals surface area contributed by atoms with Crippen molar-refractivity contribution in [3.05, 3.63) is 95.3 Å². The molecule has 6 rings (SSSR count). The maximum absolute atomic E-state index is 13.0. The molecule has 0 saturated carbocycles. The number of nitrogens with zero attached hydrogens (tertiary/aromatic N) is 5. The minimum atomic E-state index is 0.0624. The van der Waals surface area contributed by atoms with E-state index in [1.807, 2.05) is 17.0 Å². The van der Waals surface area contributed by atoms with Crippen LogP contribution >= 0.6 is 11.3 Å². The van der Waals surface area contributed by atoms with Crippen LogP contribution in [0.2, 0.25) is 0 Å². The lowest BCUT2D eigenvalue weighted by atomic mass is 10.0. The SMILES string of the molecule is CN(CC=CC(=O)N1CCc2c(sc3ncnc(Nc4ccc5c(ccn5Cc5ccccc5)c4)c23)C1)C(C)(C)C. The van der Waals surface area contributed by atoms with Gasteiger partial charge in [-0.25, -0.2) is 9.97 Å². The second-order valence-electron chi connectivity index (χ2n) is 11.7. The summed E-state index contributed by atoms with van der Waals surface area (Å²) in [7, 11) is 2.08. The van der Waals surface area contributed by atoms with Crippen LogP contribution in [0.5, 0.6) is 0 Å². The zero-order valence-corrected chi connectivity index (χ0v) is 24.9. The first-order chi connectivity index (χ1) is 19.8. The van der Waals surface area contributed by atoms with Gasteiger partial charge in [0, 0.05) is 58.9 Å². The van der Waals surface area contributed by atoms with Crippen LogP contribution in [0.15, 0.2) is 79.3 Å². The van der Waals surface area contributed by atoms with Crippen molar-refractivity contribution < 1.29 is 4.79 Å². The van der Waals surface area contributed by atoms with E-state index in [-0.39, 0.29) is 11.4 Å². The van der Waals surface area contributed by atoms with Gasteiger partial charge in [-0.1, -0.05) is 36.4 Å². The second kappa shape index (κ2) is 11.1. The molecule has 0 saturated heterocycles. The number of rotatable bonds is 7. The largest absolute Gasteiger partial charge is 0.343 e. The minimum Gasteiger partial charge on any atom is -0.343 e. The number of hydrogen-bond acceptors (Lipinski definition) is 6. The highest BCUT2D eigenvalue weighted by Gasteiger charge is 2.26. The molecule has 4 heterocycles. The Labute approximate surface area is 245 Å². The molecule has 0 radical (unpaired) electrons. The third-order valence-corrected chi connectivity index (χ3v) is 9.09. The topological polar surface area (TPSA) is 66.3 Å². The van der Waals surface area contributed by atoms with E-state index in [9.17, 15) is 4.79 Å². The minimum absolute atomic E-state index is 0.0624. The summed E-state index contributed by atoms with van der Waals surface area (Å²) in [6.45, 7) is 9.39. The molecule has 210 valence electrons. The Bertz CT molecular complexity index is 1730. The molecule has 0 unspecified atom stereocenters. The van der Waals surface area contributed by atoms with E-state index >= 15 is 0 Å². The summed E-state index contributed by atoms with van der Waals surface area (Å²) in [4.78, 5) is 28.5. The normalized spacial score (nSPS) is 13.9. The average molecular weight is 565 g/mol. The zero-order valence-electron chi connectivity index (χ0n) is 24.1. The number of nitrogens with one attached hydrogen (secondary N) is 1. The number of benzene rings is 2. The van der Waals surface area contributed by atoms with Crippen LogP contribution in [-0.2, 0) is 24.3 Å². The molecular formula is C33H36N6OS. The third-order valence-electron chi connectivity index (χ3n) is 7.96. The molecule has 1 N–H and O–H groups in total. The van der Waals surface area contributed by atoms with Crippen LogP contribution < -0.4 is 5.32 Å². The van der Waals surface area contributed by atoms with Gasteiger partial charge in [0.25, 0.3) is 0 Å². The molecule has 5 aromatic rings. The molecule has 1 aliphatic heterocycles. The van der Waals surface area contributed by atoms with Gasteiger partial charge in [0.2, 0.25) is 5.91 Å². The number of amides is 1. The van der Waals surface area contributed by atoms with Crippen molar-refractivity contribution in [2.45, 2.75) is 45.8 Å². The fourth-order valence-electron chi connectivity index (χ4n) is 5.23. The Morgan fingerprint density at radius 3 is 2.76 bits per heavy atom. The lowest BCUT2D eigenvalue weighted by Gasteiger charge is -2.31. The van der Waals surface area contributed by atoms with Crippen molar-refractivity contribution >= 4 is 49.9 Å². The maximum atomic E-state index is 13.0. The van der Waals surface area contributed by atoms with Gasteiger partial charge in [-0.05, 0) is 69.6 Å². The molecule has 8 heteroatoms. The summed E-state index contributed by atoms with van der Waals surface area (Å²) in [6.07, 6.45) is 8.24. The predicted octanol–water partition coefficient (Wildman–Crippen LogP) is 6.61. The summed E-state index contributed by atoms with van der Waals surface area (Å²) in [6, 6.07) is 19.1. The van der Waals surface area contributed by atoms with Crippen molar-refractivity contribution in [3.8, 4) is 0 Å². The number of aromatic nitrogens is 3. The first-order valence-corrected chi connectivity index (χ1v) is 14.9. The highest BCUT2D eigenvalue weighted by Crippen LogP contribution is 2.38. The number of thiophene rings is 1. The van der Waals surface area contributed by atoms with Gasteiger partial charge in [-0.2, -0.15) is 0 Å². The van der Waals surface area contributed by atoms with Gasteiger partial charge in [0.05, 0.1) is 11.9 Å². The van der Waals surface area contributed by atoms with Crippen molar-refractivity contribution in [1.29, 1.82) is 0 Å². The Morgan fingerprint density at radius 1 is 1.12 bits per heavy atom. The van der Waals surface area contributed by atoms with Crippen molar-refractivity contribution in [2.75, 3.05) is 25.5 Å². The molecule has 3 aromatic heterocycles. The fourth-order valence-corrected chi connectivity index (χ4v) is 6.44. The van der Waals surface area contributed by atoms with Crippen molar-refractivity contribution in [3.63, 3.8) is 0 Å². The van der Waals surface area contributed by atoms with Crippen LogP contribution in [0.25, 0.3) is 21.1 Å². The Hall–Kier alpha value is -4.01. The van der Waals surface area contributed by atoms with Gasteiger partial charge in [-0.3, -0.25) is 9.69 Å². The van der Waals surface area contributed by atoms with E-state index < -0.39 is 0 Å². The predicted molar refractivity (Wildman–Crippen MR) is 169 cm³/mol. The first-order valence-electron chi connectivity index (χ1n) is 14.1. The Morgan fingerprint density at radius 2 is 1.95 bits per heavy atom. The summed E-state index contributed by atoms with van der Waals surface area (Å²) < 4.78 is 2.28. The molecule has 1 amide bonds. The average Bonchev–Trinajstić information content (AvgIpc) is 3.53. The second-order valence-corrected chi connectivity index (χ2v) is 12.8. The van der Waals surface area contributed by atoms with Gasteiger partial charge in [0.1, 0.15) is 17.0 Å². The summed E-state index contributed by atoms with van der Waals surface area (Å²) in [5, 5.41) is 5.82. The lowest BCUT2D eigenvalue weighted by Crippen LogP contribution is -2.38. The number of hydrogen-bond donors (Lipinski definition) is 1. The molecule has 1 aliphatic rings. The molecule has 41 heavy (non-hydrogen) atoms. The maximum Gasteiger partial charge on any atom is 0.246 e. The summed E-state index contributed by atoms with van der Waals surface area (Å²) >= 11 is 1.66. The van der Waals surface area contributed by atoms with E-state index in [1.54, 1.807) is 23.7 Å². The molecule has 0 bridgehead atoms. The third kappa shape index (κ3) is 5.76. The van der Waals surface area contributed by atoms with E-state index in [2.05, 4.69) is 107 Å². The van der Waals surface area contributed by atoms with Gasteiger partial charge in [0.15, 0.2) is 0 Å². The molecule has 7 nitrogen and oxygen atoms in total. The number of fused-ring (bicyclic) bond motifs is 4. The summed E-state index contributed by atoms with van der Waals surface area (Å²) in [5.74, 6) is 0.882. The van der Waals surface area contributed by atoms with Crippen LogP contribution in [0, 0.1) is 0 Å². The molecule has 0 spiro atoms. The van der Waals surface area contributed by atoms with Crippen molar-refractivity contribution in [2.24, 2.45) is 0 Å². The smallest absolute Gasteiger partial charge is 0.246 e. The van der Waals surface area contributed by atoms with Crippen LogP contribution in [-0.4, -0.2) is 55.9 Å². The first kappa shape index (κ1) is 27.2. The Balaban J connectivity index is 1.19. The van der Waals surface area contributed by atoms with Crippen molar-refractivity contribution in [1.82, 2.24) is 24.3 Å².